The van der Waals surface area contributed by atoms with E-state index in [1.165, 1.54) is 49.1 Å². The SMILES string of the molecule is COC1=CC(c2ccc[nH]2)=NC1=Cc1[nH]c2cc1[C@@H](C)CCCCCC2. The minimum absolute atomic E-state index is 0.563. The molecule has 1 aliphatic carbocycles. The van der Waals surface area contributed by atoms with E-state index < -0.39 is 0 Å². The van der Waals surface area contributed by atoms with Crippen molar-refractivity contribution in [3.63, 3.8) is 0 Å². The van der Waals surface area contributed by atoms with Crippen LogP contribution in [0.5, 0.6) is 0 Å². The van der Waals surface area contributed by atoms with Crippen LogP contribution in [0.2, 0.25) is 0 Å². The van der Waals surface area contributed by atoms with Gasteiger partial charge in [-0.1, -0.05) is 26.2 Å². The number of rotatable bonds is 3. The van der Waals surface area contributed by atoms with Crippen LogP contribution in [0, 0.1) is 0 Å². The Hall–Kier alpha value is -2.49. The van der Waals surface area contributed by atoms with Crippen LogP contribution in [-0.4, -0.2) is 22.8 Å². The molecule has 3 heterocycles. The lowest BCUT2D eigenvalue weighted by Crippen LogP contribution is -1.96. The predicted octanol–water partition coefficient (Wildman–Crippen LogP) is 5.33. The van der Waals surface area contributed by atoms with Crippen LogP contribution in [0.4, 0.5) is 0 Å². The zero-order valence-corrected chi connectivity index (χ0v) is 15.6. The molecular formula is C22H27N3O. The van der Waals surface area contributed by atoms with Crippen LogP contribution in [0.3, 0.4) is 0 Å². The zero-order valence-electron chi connectivity index (χ0n) is 15.6. The Balaban J connectivity index is 1.71. The first-order valence-corrected chi connectivity index (χ1v) is 9.66. The molecule has 2 aliphatic rings. The number of nitrogens with one attached hydrogen (secondary N) is 2. The average molecular weight is 349 g/mol. The van der Waals surface area contributed by atoms with Crippen LogP contribution in [0.1, 0.15) is 67.6 Å². The van der Waals surface area contributed by atoms with Gasteiger partial charge in [0.15, 0.2) is 0 Å². The lowest BCUT2D eigenvalue weighted by molar-refractivity contribution is 0.303. The fraction of sp³-hybridized carbons (Fsp3) is 0.409. The van der Waals surface area contributed by atoms with Gasteiger partial charge in [0.1, 0.15) is 11.5 Å². The summed E-state index contributed by atoms with van der Waals surface area (Å²) in [4.78, 5) is 11.7. The maximum absolute atomic E-state index is 5.59. The van der Waals surface area contributed by atoms with Crippen molar-refractivity contribution in [2.75, 3.05) is 7.11 Å². The Kier molecular flexibility index (Phi) is 4.83. The molecule has 0 aromatic carbocycles. The number of hydrogen-bond donors (Lipinski definition) is 2. The van der Waals surface area contributed by atoms with E-state index in [2.05, 4.69) is 29.0 Å². The first-order valence-electron chi connectivity index (χ1n) is 9.66. The third-order valence-electron chi connectivity index (χ3n) is 5.44. The number of aromatic amines is 2. The zero-order chi connectivity index (χ0) is 17.9. The van der Waals surface area contributed by atoms with Crippen molar-refractivity contribution in [3.05, 3.63) is 64.6 Å². The van der Waals surface area contributed by atoms with Crippen molar-refractivity contribution in [2.45, 2.75) is 51.4 Å². The topological polar surface area (TPSA) is 53.2 Å². The summed E-state index contributed by atoms with van der Waals surface area (Å²) in [7, 11) is 1.71. The number of nitrogens with zero attached hydrogens (tertiary/aromatic N) is 1. The smallest absolute Gasteiger partial charge is 0.146 e. The molecule has 26 heavy (non-hydrogen) atoms. The molecule has 4 heteroatoms. The molecule has 4 nitrogen and oxygen atoms in total. The molecule has 4 rings (SSSR count). The third-order valence-corrected chi connectivity index (χ3v) is 5.44. The molecule has 1 aliphatic heterocycles. The van der Waals surface area contributed by atoms with E-state index in [9.17, 15) is 0 Å². The van der Waals surface area contributed by atoms with E-state index in [-0.39, 0.29) is 0 Å². The Morgan fingerprint density at radius 3 is 2.92 bits per heavy atom. The van der Waals surface area contributed by atoms with Crippen molar-refractivity contribution < 1.29 is 4.74 Å². The van der Waals surface area contributed by atoms with Gasteiger partial charge >= 0.3 is 0 Å². The summed E-state index contributed by atoms with van der Waals surface area (Å²) in [5.41, 5.74) is 6.74. The van der Waals surface area contributed by atoms with Crippen LogP contribution < -0.4 is 0 Å². The third kappa shape index (κ3) is 3.41. The summed E-state index contributed by atoms with van der Waals surface area (Å²) in [5.74, 6) is 1.38. The highest BCUT2D eigenvalue weighted by molar-refractivity contribution is 6.11. The van der Waals surface area contributed by atoms with Gasteiger partial charge in [0.05, 0.1) is 18.5 Å². The van der Waals surface area contributed by atoms with Crippen LogP contribution in [-0.2, 0) is 11.2 Å². The van der Waals surface area contributed by atoms with E-state index in [0.717, 1.165) is 29.3 Å². The van der Waals surface area contributed by atoms with Crippen LogP contribution in [0.15, 0.2) is 46.9 Å². The first-order chi connectivity index (χ1) is 12.7. The highest BCUT2D eigenvalue weighted by Crippen LogP contribution is 2.32. The van der Waals surface area contributed by atoms with Crippen molar-refractivity contribution in [2.24, 2.45) is 4.99 Å². The summed E-state index contributed by atoms with van der Waals surface area (Å²) in [6, 6.07) is 6.38. The van der Waals surface area contributed by atoms with Gasteiger partial charge in [-0.2, -0.15) is 0 Å². The summed E-state index contributed by atoms with van der Waals surface area (Å²) in [5, 5.41) is 0. The molecule has 0 amide bonds. The van der Waals surface area contributed by atoms with Gasteiger partial charge in [-0.25, -0.2) is 4.99 Å². The molecule has 2 aromatic rings. The second-order valence-corrected chi connectivity index (χ2v) is 7.34. The number of hydrogen-bond acceptors (Lipinski definition) is 2. The number of aryl methyl sites for hydroxylation is 1. The highest BCUT2D eigenvalue weighted by Gasteiger charge is 2.20. The van der Waals surface area contributed by atoms with Gasteiger partial charge in [-0.15, -0.1) is 0 Å². The second-order valence-electron chi connectivity index (χ2n) is 7.34. The normalized spacial score (nSPS) is 22.2. The second kappa shape index (κ2) is 7.40. The van der Waals surface area contributed by atoms with E-state index in [0.29, 0.717) is 5.92 Å². The minimum Gasteiger partial charge on any atom is -0.494 e. The maximum Gasteiger partial charge on any atom is 0.146 e. The summed E-state index contributed by atoms with van der Waals surface area (Å²) in [6.07, 6.45) is 13.7. The average Bonchev–Trinajstić information content (AvgIpc) is 3.37. The molecule has 1 atom stereocenters. The number of aromatic nitrogens is 2. The molecule has 136 valence electrons. The molecule has 0 radical (unpaired) electrons. The molecule has 0 fully saturated rings. The Bertz CT molecular complexity index is 852. The number of allylic oxidation sites excluding steroid dienone is 1. The minimum atomic E-state index is 0.563. The highest BCUT2D eigenvalue weighted by atomic mass is 16.5. The van der Waals surface area contributed by atoms with Crippen molar-refractivity contribution in [1.29, 1.82) is 0 Å². The van der Waals surface area contributed by atoms with Crippen molar-refractivity contribution >= 4 is 11.8 Å². The summed E-state index contributed by atoms with van der Waals surface area (Å²) in [6.45, 7) is 2.34. The largest absolute Gasteiger partial charge is 0.494 e. The van der Waals surface area contributed by atoms with E-state index in [1.807, 2.05) is 24.4 Å². The lowest BCUT2D eigenvalue weighted by Gasteiger charge is -2.12. The van der Waals surface area contributed by atoms with Crippen LogP contribution >= 0.6 is 0 Å². The molecule has 2 aromatic heterocycles. The van der Waals surface area contributed by atoms with Gasteiger partial charge in [0.2, 0.25) is 0 Å². The van der Waals surface area contributed by atoms with E-state index >= 15 is 0 Å². The molecule has 0 saturated carbocycles. The van der Waals surface area contributed by atoms with Gasteiger partial charge < -0.3 is 14.7 Å². The monoisotopic (exact) mass is 349 g/mol. The fourth-order valence-corrected chi connectivity index (χ4v) is 3.93. The molecule has 2 N–H and O–H groups in total. The quantitative estimate of drug-likeness (QED) is 0.773. The summed E-state index contributed by atoms with van der Waals surface area (Å²) >= 11 is 0. The number of fused-ring (bicyclic) bond motifs is 2. The lowest BCUT2D eigenvalue weighted by atomic mass is 9.93. The maximum atomic E-state index is 5.59. The summed E-state index contributed by atoms with van der Waals surface area (Å²) < 4.78 is 5.59. The van der Waals surface area contributed by atoms with Gasteiger partial charge in [-0.3, -0.25) is 0 Å². The predicted molar refractivity (Wildman–Crippen MR) is 106 cm³/mol. The Morgan fingerprint density at radius 1 is 1.23 bits per heavy atom. The van der Waals surface area contributed by atoms with Gasteiger partial charge in [-0.05, 0) is 55.0 Å². The van der Waals surface area contributed by atoms with Crippen molar-refractivity contribution in [3.8, 4) is 0 Å². The first kappa shape index (κ1) is 17.0. The molecule has 0 spiro atoms. The number of H-pyrrole nitrogens is 2. The Labute approximate surface area is 155 Å². The molecule has 2 bridgehead atoms. The van der Waals surface area contributed by atoms with E-state index in [1.54, 1.807) is 7.11 Å². The van der Waals surface area contributed by atoms with Gasteiger partial charge in [0, 0.05) is 23.7 Å². The number of aliphatic imine (C=N–C) groups is 1. The standard InChI is InChI=1S/C22H27N3O/c1-15-8-5-3-4-6-9-16-12-17(15)19(24-16)13-21-22(26-2)14-20(25-21)18-10-7-11-23-18/h7,10-15,23-24H,3-6,8-9H2,1-2H3/t15-/m0/s1. The molecular weight excluding hydrogens is 322 g/mol. The molecule has 0 unspecified atom stereocenters. The molecule has 0 saturated heterocycles. The van der Waals surface area contributed by atoms with Gasteiger partial charge in [0.25, 0.3) is 0 Å². The fourth-order valence-electron chi connectivity index (χ4n) is 3.93. The van der Waals surface area contributed by atoms with E-state index in [4.69, 9.17) is 9.73 Å². The number of ether oxygens (including phenoxy) is 1. The number of methoxy groups -OCH3 is 1. The van der Waals surface area contributed by atoms with Crippen LogP contribution in [0.25, 0.3) is 6.08 Å². The Morgan fingerprint density at radius 2 is 2.12 bits per heavy atom. The van der Waals surface area contributed by atoms with Crippen molar-refractivity contribution in [1.82, 2.24) is 9.97 Å².